The van der Waals surface area contributed by atoms with Crippen molar-refractivity contribution in [3.63, 3.8) is 0 Å². The Kier molecular flexibility index (Phi) is 7.11. The Morgan fingerprint density at radius 1 is 1.03 bits per heavy atom. The number of carbonyl (C=O) groups is 1. The van der Waals surface area contributed by atoms with Crippen molar-refractivity contribution in [2.75, 3.05) is 30.8 Å². The predicted molar refractivity (Wildman–Crippen MR) is 113 cm³/mol. The molecule has 2 aromatic heterocycles. The summed E-state index contributed by atoms with van der Waals surface area (Å²) in [5.41, 5.74) is 1.77. The first-order chi connectivity index (χ1) is 14.2. The van der Waals surface area contributed by atoms with E-state index in [1.807, 2.05) is 48.5 Å². The second-order valence-electron chi connectivity index (χ2n) is 5.99. The molecule has 8 nitrogen and oxygen atoms in total. The highest BCUT2D eigenvalue weighted by Gasteiger charge is 2.00. The van der Waals surface area contributed by atoms with Crippen LogP contribution in [0.2, 0.25) is 0 Å². The van der Waals surface area contributed by atoms with Crippen LogP contribution in [0, 0.1) is 0 Å². The third kappa shape index (κ3) is 6.62. The molecule has 2 heterocycles. The molecule has 29 heavy (non-hydrogen) atoms. The minimum atomic E-state index is -0.162. The van der Waals surface area contributed by atoms with Gasteiger partial charge in [-0.3, -0.25) is 9.78 Å². The molecule has 0 spiro atoms. The number of methoxy groups -OCH3 is 1. The quantitative estimate of drug-likeness (QED) is 0.381. The van der Waals surface area contributed by atoms with Gasteiger partial charge in [0.1, 0.15) is 11.6 Å². The van der Waals surface area contributed by atoms with Gasteiger partial charge in [0.2, 0.25) is 5.91 Å². The van der Waals surface area contributed by atoms with Gasteiger partial charge in [-0.05, 0) is 48.0 Å². The molecule has 1 amide bonds. The van der Waals surface area contributed by atoms with E-state index < -0.39 is 0 Å². The number of hydrogen-bond acceptors (Lipinski definition) is 7. The van der Waals surface area contributed by atoms with Crippen molar-refractivity contribution in [3.05, 3.63) is 72.6 Å². The molecule has 0 saturated heterocycles. The molecular weight excluding hydrogens is 368 g/mol. The van der Waals surface area contributed by atoms with Crippen LogP contribution in [0.15, 0.2) is 67.0 Å². The van der Waals surface area contributed by atoms with Gasteiger partial charge in [-0.2, -0.15) is 0 Å². The number of amides is 1. The fourth-order valence-electron chi connectivity index (χ4n) is 2.40. The van der Waals surface area contributed by atoms with Crippen molar-refractivity contribution in [1.82, 2.24) is 20.5 Å². The summed E-state index contributed by atoms with van der Waals surface area (Å²) >= 11 is 0. The molecule has 148 valence electrons. The number of ether oxygens (including phenoxy) is 1. The lowest BCUT2D eigenvalue weighted by Crippen LogP contribution is -2.27. The number of aromatic nitrogens is 3. The van der Waals surface area contributed by atoms with Gasteiger partial charge in [0.15, 0.2) is 5.82 Å². The van der Waals surface area contributed by atoms with Crippen molar-refractivity contribution >= 4 is 29.3 Å². The van der Waals surface area contributed by atoms with Crippen LogP contribution in [-0.2, 0) is 4.79 Å². The van der Waals surface area contributed by atoms with Crippen molar-refractivity contribution in [3.8, 4) is 5.75 Å². The number of hydrogen-bond donors (Lipinski definition) is 3. The van der Waals surface area contributed by atoms with Crippen LogP contribution in [0.4, 0.5) is 17.3 Å². The average molecular weight is 390 g/mol. The standard InChI is InChI=1S/C21H22N6O2/c1-29-18-7-4-16(5-8-18)6-11-21(28)24-14-13-23-19-9-10-20(27-26-19)25-17-3-2-12-22-15-17/h2-12,15H,13-14H2,1H3,(H,23,26)(H,24,28)(H,25,27)/b11-6+. The maximum Gasteiger partial charge on any atom is 0.244 e. The fraction of sp³-hybridized carbons (Fsp3) is 0.143. The summed E-state index contributed by atoms with van der Waals surface area (Å²) in [6, 6.07) is 14.8. The summed E-state index contributed by atoms with van der Waals surface area (Å²) in [5.74, 6) is 1.87. The van der Waals surface area contributed by atoms with Crippen LogP contribution < -0.4 is 20.7 Å². The number of nitrogens with one attached hydrogen (secondary N) is 3. The smallest absolute Gasteiger partial charge is 0.244 e. The van der Waals surface area contributed by atoms with E-state index in [0.717, 1.165) is 17.0 Å². The third-order valence-corrected chi connectivity index (χ3v) is 3.87. The summed E-state index contributed by atoms with van der Waals surface area (Å²) < 4.78 is 5.10. The first-order valence-electron chi connectivity index (χ1n) is 9.07. The normalized spacial score (nSPS) is 10.5. The van der Waals surface area contributed by atoms with E-state index in [4.69, 9.17) is 4.74 Å². The van der Waals surface area contributed by atoms with Gasteiger partial charge in [-0.25, -0.2) is 0 Å². The lowest BCUT2D eigenvalue weighted by molar-refractivity contribution is -0.116. The molecule has 3 aromatic rings. The molecule has 0 aliphatic carbocycles. The van der Waals surface area contributed by atoms with Crippen molar-refractivity contribution in [2.45, 2.75) is 0 Å². The number of nitrogens with zero attached hydrogens (tertiary/aromatic N) is 3. The molecule has 3 rings (SSSR count). The molecule has 0 aliphatic heterocycles. The Morgan fingerprint density at radius 3 is 2.52 bits per heavy atom. The summed E-state index contributed by atoms with van der Waals surface area (Å²) in [5, 5.41) is 17.2. The van der Waals surface area contributed by atoms with Gasteiger partial charge in [-0.15, -0.1) is 10.2 Å². The average Bonchev–Trinajstić information content (AvgIpc) is 2.77. The van der Waals surface area contributed by atoms with Gasteiger partial charge in [-0.1, -0.05) is 12.1 Å². The van der Waals surface area contributed by atoms with Gasteiger partial charge in [0.05, 0.1) is 19.0 Å². The Morgan fingerprint density at radius 2 is 1.83 bits per heavy atom. The first kappa shape index (κ1) is 19.8. The zero-order chi connectivity index (χ0) is 20.3. The van der Waals surface area contributed by atoms with Crippen LogP contribution in [0.5, 0.6) is 5.75 Å². The highest BCUT2D eigenvalue weighted by Crippen LogP contribution is 2.13. The van der Waals surface area contributed by atoms with Crippen molar-refractivity contribution in [2.24, 2.45) is 0 Å². The lowest BCUT2D eigenvalue weighted by atomic mass is 10.2. The van der Waals surface area contributed by atoms with E-state index in [1.54, 1.807) is 25.6 Å². The highest BCUT2D eigenvalue weighted by atomic mass is 16.5. The molecule has 0 aliphatic rings. The molecular formula is C21H22N6O2. The van der Waals surface area contributed by atoms with E-state index in [-0.39, 0.29) is 5.91 Å². The highest BCUT2D eigenvalue weighted by molar-refractivity contribution is 5.91. The Hall–Kier alpha value is -3.94. The molecule has 1 aromatic carbocycles. The third-order valence-electron chi connectivity index (χ3n) is 3.87. The minimum Gasteiger partial charge on any atom is -0.497 e. The zero-order valence-electron chi connectivity index (χ0n) is 16.0. The monoisotopic (exact) mass is 390 g/mol. The molecule has 3 N–H and O–H groups in total. The number of pyridine rings is 1. The molecule has 0 bridgehead atoms. The van der Waals surface area contributed by atoms with E-state index in [1.165, 1.54) is 6.08 Å². The van der Waals surface area contributed by atoms with Crippen molar-refractivity contribution < 1.29 is 9.53 Å². The Balaban J connectivity index is 1.37. The molecule has 0 atom stereocenters. The second kappa shape index (κ2) is 10.4. The second-order valence-corrected chi connectivity index (χ2v) is 5.99. The maximum absolute atomic E-state index is 11.9. The van der Waals surface area contributed by atoms with Gasteiger partial charge in [0.25, 0.3) is 0 Å². The van der Waals surface area contributed by atoms with Gasteiger partial charge < -0.3 is 20.7 Å². The SMILES string of the molecule is COc1ccc(/C=C/C(=O)NCCNc2ccc(Nc3cccnc3)nn2)cc1. The minimum absolute atomic E-state index is 0.162. The number of benzene rings is 1. The van der Waals surface area contributed by atoms with Gasteiger partial charge in [0, 0.05) is 25.4 Å². The van der Waals surface area contributed by atoms with Crippen LogP contribution >= 0.6 is 0 Å². The zero-order valence-corrected chi connectivity index (χ0v) is 16.0. The van der Waals surface area contributed by atoms with E-state index in [2.05, 4.69) is 31.1 Å². The molecule has 0 radical (unpaired) electrons. The van der Waals surface area contributed by atoms with Crippen molar-refractivity contribution in [1.29, 1.82) is 0 Å². The van der Waals surface area contributed by atoms with Crippen LogP contribution in [-0.4, -0.2) is 41.3 Å². The summed E-state index contributed by atoms with van der Waals surface area (Å²) in [6.45, 7) is 0.995. The van der Waals surface area contributed by atoms with E-state index in [0.29, 0.717) is 24.7 Å². The summed E-state index contributed by atoms with van der Waals surface area (Å²) in [4.78, 5) is 15.9. The molecule has 8 heteroatoms. The number of anilines is 3. The topological polar surface area (TPSA) is 101 Å². The molecule has 0 fully saturated rings. The van der Waals surface area contributed by atoms with Gasteiger partial charge >= 0.3 is 0 Å². The largest absolute Gasteiger partial charge is 0.497 e. The predicted octanol–water partition coefficient (Wildman–Crippen LogP) is 2.87. The summed E-state index contributed by atoms with van der Waals surface area (Å²) in [6.07, 6.45) is 6.67. The van der Waals surface area contributed by atoms with E-state index in [9.17, 15) is 4.79 Å². The number of carbonyl (C=O) groups excluding carboxylic acids is 1. The van der Waals surface area contributed by atoms with E-state index >= 15 is 0 Å². The van der Waals surface area contributed by atoms with Crippen LogP contribution in [0.1, 0.15) is 5.56 Å². The molecule has 0 saturated carbocycles. The van der Waals surface area contributed by atoms with Crippen LogP contribution in [0.3, 0.4) is 0 Å². The summed E-state index contributed by atoms with van der Waals surface area (Å²) in [7, 11) is 1.62. The lowest BCUT2D eigenvalue weighted by Gasteiger charge is -2.07. The molecule has 0 unspecified atom stereocenters. The fourth-order valence-corrected chi connectivity index (χ4v) is 2.40. The first-order valence-corrected chi connectivity index (χ1v) is 9.07. The maximum atomic E-state index is 11.9. The Labute approximate surface area is 169 Å². The van der Waals surface area contributed by atoms with Crippen LogP contribution in [0.25, 0.3) is 6.08 Å². The number of rotatable bonds is 9. The Bertz CT molecular complexity index is 928.